The minimum atomic E-state index is -2.84. The van der Waals surface area contributed by atoms with Gasteiger partial charge in [0.15, 0.2) is 0 Å². The van der Waals surface area contributed by atoms with Crippen LogP contribution in [0.2, 0.25) is 0 Å². The van der Waals surface area contributed by atoms with Crippen molar-refractivity contribution in [3.63, 3.8) is 0 Å². The second-order valence-corrected chi connectivity index (χ2v) is 7.25. The van der Waals surface area contributed by atoms with Crippen LogP contribution in [0.1, 0.15) is 16.5 Å². The first-order chi connectivity index (χ1) is 12.6. The smallest absolute Gasteiger partial charge is 0.387 e. The maximum atomic E-state index is 12.8. The molecule has 1 atom stereocenters. The molecule has 0 fully saturated rings. The third-order valence-electron chi connectivity index (χ3n) is 4.35. The third kappa shape index (κ3) is 4.38. The Kier molecular flexibility index (Phi) is 6.19. The first-order valence-electron chi connectivity index (χ1n) is 8.42. The molecule has 1 heterocycles. The third-order valence-corrected chi connectivity index (χ3v) is 5.32. The summed E-state index contributed by atoms with van der Waals surface area (Å²) < 4.78 is 30.3. The molecule has 1 aromatic heterocycles. The van der Waals surface area contributed by atoms with Crippen molar-refractivity contribution < 1.29 is 13.5 Å². The van der Waals surface area contributed by atoms with E-state index >= 15 is 0 Å². The van der Waals surface area contributed by atoms with Gasteiger partial charge >= 0.3 is 6.61 Å². The summed E-state index contributed by atoms with van der Waals surface area (Å²) in [4.78, 5) is 3.42. The van der Waals surface area contributed by atoms with E-state index in [9.17, 15) is 8.78 Å². The van der Waals surface area contributed by atoms with Crippen LogP contribution in [0.5, 0.6) is 5.75 Å². The van der Waals surface area contributed by atoms with Crippen LogP contribution >= 0.6 is 11.3 Å². The summed E-state index contributed by atoms with van der Waals surface area (Å²) in [5.74, 6) is 0.226. The van der Waals surface area contributed by atoms with Gasteiger partial charge in [0.25, 0.3) is 0 Å². The van der Waals surface area contributed by atoms with Crippen LogP contribution < -0.4 is 10.1 Å². The second kappa shape index (κ2) is 8.58. The predicted octanol–water partition coefficient (Wildman–Crippen LogP) is 4.90. The Balaban J connectivity index is 1.80. The molecule has 6 heteroatoms. The van der Waals surface area contributed by atoms with Crippen LogP contribution in [0.25, 0.3) is 10.8 Å². The fourth-order valence-corrected chi connectivity index (χ4v) is 3.98. The van der Waals surface area contributed by atoms with Crippen molar-refractivity contribution in [2.75, 3.05) is 20.6 Å². The van der Waals surface area contributed by atoms with Crippen molar-refractivity contribution in [3.8, 4) is 5.75 Å². The van der Waals surface area contributed by atoms with E-state index in [0.717, 1.165) is 16.3 Å². The van der Waals surface area contributed by atoms with Gasteiger partial charge in [0.1, 0.15) is 5.75 Å². The van der Waals surface area contributed by atoms with Gasteiger partial charge in [-0.15, -0.1) is 11.3 Å². The number of likely N-dealkylation sites (N-methyl/N-ethyl adjacent to an activating group) is 1. The molecule has 0 radical (unpaired) electrons. The maximum absolute atomic E-state index is 12.8. The Morgan fingerprint density at radius 2 is 1.88 bits per heavy atom. The summed E-state index contributed by atoms with van der Waals surface area (Å²) in [7, 11) is 4.07. The number of halogens is 2. The zero-order valence-electron chi connectivity index (χ0n) is 14.8. The molecule has 2 aromatic carbocycles. The highest BCUT2D eigenvalue weighted by Gasteiger charge is 2.17. The Morgan fingerprint density at radius 3 is 2.58 bits per heavy atom. The Morgan fingerprint density at radius 1 is 1.08 bits per heavy atom. The van der Waals surface area contributed by atoms with Gasteiger partial charge in [0, 0.05) is 23.5 Å². The number of nitrogens with zero attached hydrogens (tertiary/aromatic N) is 1. The van der Waals surface area contributed by atoms with E-state index in [-0.39, 0.29) is 11.8 Å². The summed E-state index contributed by atoms with van der Waals surface area (Å²) >= 11 is 1.71. The van der Waals surface area contributed by atoms with Gasteiger partial charge in [-0.2, -0.15) is 8.78 Å². The number of fused-ring (bicyclic) bond motifs is 1. The molecule has 0 spiro atoms. The molecule has 1 unspecified atom stereocenters. The highest BCUT2D eigenvalue weighted by Crippen LogP contribution is 2.29. The fraction of sp³-hybridized carbons (Fsp3) is 0.300. The summed E-state index contributed by atoms with van der Waals surface area (Å²) in [5.41, 5.74) is 0.757. The van der Waals surface area contributed by atoms with Gasteiger partial charge in [0.2, 0.25) is 0 Å². The number of rotatable bonds is 8. The van der Waals surface area contributed by atoms with Crippen molar-refractivity contribution in [3.05, 3.63) is 64.4 Å². The second-order valence-electron chi connectivity index (χ2n) is 6.27. The van der Waals surface area contributed by atoms with Gasteiger partial charge in [-0.25, -0.2) is 0 Å². The van der Waals surface area contributed by atoms with Crippen molar-refractivity contribution in [1.29, 1.82) is 0 Å². The van der Waals surface area contributed by atoms with E-state index < -0.39 is 6.61 Å². The van der Waals surface area contributed by atoms with Gasteiger partial charge in [-0.3, -0.25) is 0 Å². The standard InChI is InChI=1S/C20H22F2N2OS/c1-24(2)17(19-8-5-11-26-19)13-23-12-16-15-7-4-3-6-14(15)9-10-18(16)25-20(21)22/h3-11,17,20,23H,12-13H2,1-2H3. The molecule has 3 nitrogen and oxygen atoms in total. The molecule has 3 rings (SSSR count). The monoisotopic (exact) mass is 376 g/mol. The van der Waals surface area contributed by atoms with Gasteiger partial charge in [-0.05, 0) is 42.4 Å². The molecule has 26 heavy (non-hydrogen) atoms. The minimum Gasteiger partial charge on any atom is -0.434 e. The molecule has 0 saturated heterocycles. The largest absolute Gasteiger partial charge is 0.434 e. The van der Waals surface area contributed by atoms with E-state index in [0.29, 0.717) is 13.1 Å². The lowest BCUT2D eigenvalue weighted by Crippen LogP contribution is -2.30. The normalized spacial score (nSPS) is 12.8. The first-order valence-corrected chi connectivity index (χ1v) is 9.30. The lowest BCUT2D eigenvalue weighted by molar-refractivity contribution is -0.0503. The molecule has 0 saturated carbocycles. The zero-order valence-corrected chi connectivity index (χ0v) is 15.6. The summed E-state index contributed by atoms with van der Waals surface area (Å²) in [6.07, 6.45) is 0. The average molecular weight is 376 g/mol. The topological polar surface area (TPSA) is 24.5 Å². The summed E-state index contributed by atoms with van der Waals surface area (Å²) in [6, 6.07) is 15.6. The SMILES string of the molecule is CN(C)C(CNCc1c(OC(F)F)ccc2ccccc12)c1cccs1. The summed E-state index contributed by atoms with van der Waals surface area (Å²) in [6.45, 7) is -1.67. The van der Waals surface area contributed by atoms with E-state index in [1.54, 1.807) is 17.4 Å². The lowest BCUT2D eigenvalue weighted by Gasteiger charge is -2.24. The molecule has 3 aromatic rings. The number of benzene rings is 2. The molecular formula is C20H22F2N2OS. The van der Waals surface area contributed by atoms with Crippen molar-refractivity contribution in [2.24, 2.45) is 0 Å². The lowest BCUT2D eigenvalue weighted by atomic mass is 10.0. The van der Waals surface area contributed by atoms with Gasteiger partial charge in [0.05, 0.1) is 6.04 Å². The molecule has 0 aliphatic rings. The van der Waals surface area contributed by atoms with E-state index in [4.69, 9.17) is 4.74 Å². The molecule has 0 amide bonds. The number of nitrogens with one attached hydrogen (secondary N) is 1. The fourth-order valence-electron chi connectivity index (χ4n) is 3.06. The van der Waals surface area contributed by atoms with Crippen LogP contribution in [-0.4, -0.2) is 32.2 Å². The van der Waals surface area contributed by atoms with Crippen LogP contribution in [0.4, 0.5) is 8.78 Å². The molecular weight excluding hydrogens is 354 g/mol. The van der Waals surface area contributed by atoms with Crippen molar-refractivity contribution in [2.45, 2.75) is 19.2 Å². The molecule has 1 N–H and O–H groups in total. The Hall–Kier alpha value is -2.02. The maximum Gasteiger partial charge on any atom is 0.387 e. The number of hydrogen-bond acceptors (Lipinski definition) is 4. The first kappa shape index (κ1) is 18.8. The minimum absolute atomic E-state index is 0.226. The van der Waals surface area contributed by atoms with E-state index in [1.165, 1.54) is 4.88 Å². The highest BCUT2D eigenvalue weighted by molar-refractivity contribution is 7.10. The molecule has 0 aliphatic heterocycles. The van der Waals surface area contributed by atoms with Crippen LogP contribution in [0, 0.1) is 0 Å². The zero-order chi connectivity index (χ0) is 18.5. The molecule has 0 aliphatic carbocycles. The summed E-state index contributed by atoms with van der Waals surface area (Å²) in [5, 5.41) is 7.41. The number of thiophene rings is 1. The van der Waals surface area contributed by atoms with Gasteiger partial charge in [-0.1, -0.05) is 36.4 Å². The number of ether oxygens (including phenoxy) is 1. The number of hydrogen-bond donors (Lipinski definition) is 1. The van der Waals surface area contributed by atoms with E-state index in [1.807, 2.05) is 50.5 Å². The number of alkyl halides is 2. The van der Waals surface area contributed by atoms with Crippen LogP contribution in [0.3, 0.4) is 0 Å². The molecule has 0 bridgehead atoms. The van der Waals surface area contributed by atoms with Crippen LogP contribution in [0.15, 0.2) is 53.9 Å². The average Bonchev–Trinajstić information content (AvgIpc) is 3.13. The predicted molar refractivity (Wildman–Crippen MR) is 103 cm³/mol. The highest BCUT2D eigenvalue weighted by atomic mass is 32.1. The van der Waals surface area contributed by atoms with Crippen molar-refractivity contribution >= 4 is 22.1 Å². The van der Waals surface area contributed by atoms with E-state index in [2.05, 4.69) is 21.7 Å². The quantitative estimate of drug-likeness (QED) is 0.605. The Bertz CT molecular complexity index is 837. The van der Waals surface area contributed by atoms with Crippen LogP contribution in [-0.2, 0) is 6.54 Å². The molecule has 138 valence electrons. The van der Waals surface area contributed by atoms with Gasteiger partial charge < -0.3 is 15.0 Å². The van der Waals surface area contributed by atoms with Crippen molar-refractivity contribution in [1.82, 2.24) is 10.2 Å². The Labute approximate surface area is 156 Å².